The van der Waals surface area contributed by atoms with E-state index in [1.807, 2.05) is 0 Å². The second kappa shape index (κ2) is 5.62. The molecule has 2 unspecified atom stereocenters. The van der Waals surface area contributed by atoms with E-state index in [-0.39, 0.29) is 0 Å². The highest BCUT2D eigenvalue weighted by Gasteiger charge is 2.35. The molecule has 0 aliphatic carbocycles. The van der Waals surface area contributed by atoms with Crippen LogP contribution in [0.2, 0.25) is 0 Å². The molecule has 4 rings (SSSR count). The molecule has 3 aliphatic heterocycles. The van der Waals surface area contributed by atoms with Crippen molar-refractivity contribution in [1.82, 2.24) is 10.2 Å². The van der Waals surface area contributed by atoms with Crippen molar-refractivity contribution in [2.75, 3.05) is 13.7 Å². The van der Waals surface area contributed by atoms with E-state index < -0.39 is 0 Å². The third-order valence-electron chi connectivity index (χ3n) is 5.69. The monoisotopic (exact) mass is 286 g/mol. The van der Waals surface area contributed by atoms with E-state index in [0.29, 0.717) is 6.04 Å². The van der Waals surface area contributed by atoms with Gasteiger partial charge in [-0.25, -0.2) is 0 Å². The molecule has 0 radical (unpaired) electrons. The molecular weight excluding hydrogens is 260 g/mol. The average molecular weight is 286 g/mol. The van der Waals surface area contributed by atoms with Gasteiger partial charge in [0.05, 0.1) is 6.61 Å². The SMILES string of the molecule is CN1C2CCCC1CC(NCc1ccc3c(c1)CCO3)C2. The Hall–Kier alpha value is -1.06. The van der Waals surface area contributed by atoms with E-state index in [9.17, 15) is 0 Å². The van der Waals surface area contributed by atoms with Crippen LogP contribution in [0.25, 0.3) is 0 Å². The average Bonchev–Trinajstić information content (AvgIpc) is 2.93. The minimum atomic E-state index is 0.695. The normalized spacial score (nSPS) is 31.8. The van der Waals surface area contributed by atoms with Crippen molar-refractivity contribution in [3.8, 4) is 5.75 Å². The van der Waals surface area contributed by atoms with Crippen molar-refractivity contribution in [3.63, 3.8) is 0 Å². The fourth-order valence-electron chi connectivity index (χ4n) is 4.39. The summed E-state index contributed by atoms with van der Waals surface area (Å²) in [6.07, 6.45) is 7.92. The van der Waals surface area contributed by atoms with Crippen LogP contribution in [-0.2, 0) is 13.0 Å². The van der Waals surface area contributed by atoms with E-state index in [1.54, 1.807) is 0 Å². The van der Waals surface area contributed by atoms with Gasteiger partial charge in [-0.15, -0.1) is 0 Å². The molecule has 0 saturated carbocycles. The minimum absolute atomic E-state index is 0.695. The summed E-state index contributed by atoms with van der Waals surface area (Å²) in [6.45, 7) is 1.85. The number of benzene rings is 1. The van der Waals surface area contributed by atoms with Crippen molar-refractivity contribution in [2.45, 2.75) is 63.2 Å². The summed E-state index contributed by atoms with van der Waals surface area (Å²) in [4.78, 5) is 2.63. The molecule has 0 amide bonds. The quantitative estimate of drug-likeness (QED) is 0.924. The van der Waals surface area contributed by atoms with E-state index in [0.717, 1.165) is 37.4 Å². The highest BCUT2D eigenvalue weighted by Crippen LogP contribution is 2.33. The van der Waals surface area contributed by atoms with Crippen LogP contribution in [0.4, 0.5) is 0 Å². The highest BCUT2D eigenvalue weighted by atomic mass is 16.5. The van der Waals surface area contributed by atoms with Crippen LogP contribution in [0.5, 0.6) is 5.75 Å². The summed E-state index contributed by atoms with van der Waals surface area (Å²) in [6, 6.07) is 8.99. The van der Waals surface area contributed by atoms with Crippen LogP contribution in [0.1, 0.15) is 43.2 Å². The van der Waals surface area contributed by atoms with E-state index in [2.05, 4.69) is 35.5 Å². The molecule has 0 aromatic heterocycles. The van der Waals surface area contributed by atoms with Gasteiger partial charge in [0.25, 0.3) is 0 Å². The van der Waals surface area contributed by atoms with Crippen LogP contribution in [-0.4, -0.2) is 36.7 Å². The van der Waals surface area contributed by atoms with Crippen LogP contribution < -0.4 is 10.1 Å². The van der Waals surface area contributed by atoms with Gasteiger partial charge in [-0.1, -0.05) is 18.6 Å². The lowest BCUT2D eigenvalue weighted by Gasteiger charge is -2.47. The molecule has 3 nitrogen and oxygen atoms in total. The fraction of sp³-hybridized carbons (Fsp3) is 0.667. The maximum absolute atomic E-state index is 5.58. The number of hydrogen-bond acceptors (Lipinski definition) is 3. The van der Waals surface area contributed by atoms with Gasteiger partial charge in [-0.05, 0) is 49.9 Å². The van der Waals surface area contributed by atoms with E-state index >= 15 is 0 Å². The first-order chi connectivity index (χ1) is 10.3. The number of rotatable bonds is 3. The van der Waals surface area contributed by atoms with Gasteiger partial charge < -0.3 is 15.0 Å². The Morgan fingerprint density at radius 2 is 2.05 bits per heavy atom. The zero-order chi connectivity index (χ0) is 14.2. The summed E-state index contributed by atoms with van der Waals surface area (Å²) in [7, 11) is 2.32. The van der Waals surface area contributed by atoms with Crippen LogP contribution in [0, 0.1) is 0 Å². The lowest BCUT2D eigenvalue weighted by molar-refractivity contribution is 0.0482. The molecule has 3 heterocycles. The Bertz CT molecular complexity index is 502. The van der Waals surface area contributed by atoms with Gasteiger partial charge in [-0.3, -0.25) is 0 Å². The van der Waals surface area contributed by atoms with Crippen LogP contribution >= 0.6 is 0 Å². The summed E-state index contributed by atoms with van der Waals surface area (Å²) >= 11 is 0. The molecule has 21 heavy (non-hydrogen) atoms. The predicted molar refractivity (Wildman–Crippen MR) is 84.7 cm³/mol. The Labute approximate surface area is 127 Å². The number of nitrogens with one attached hydrogen (secondary N) is 1. The van der Waals surface area contributed by atoms with Crippen molar-refractivity contribution in [1.29, 1.82) is 0 Å². The Morgan fingerprint density at radius 1 is 1.24 bits per heavy atom. The third kappa shape index (κ3) is 2.69. The standard InChI is InChI=1S/C18H26N2O/c1-20-16-3-2-4-17(20)11-15(10-16)19-12-13-5-6-18-14(9-13)7-8-21-18/h5-6,9,15-17,19H,2-4,7-8,10-12H2,1H3. The number of piperidine rings is 2. The highest BCUT2D eigenvalue weighted by molar-refractivity contribution is 5.39. The second-order valence-corrected chi connectivity index (χ2v) is 6.99. The summed E-state index contributed by atoms with van der Waals surface area (Å²) < 4.78 is 5.58. The maximum Gasteiger partial charge on any atom is 0.122 e. The molecule has 3 aliphatic rings. The van der Waals surface area contributed by atoms with Gasteiger partial charge in [0.1, 0.15) is 5.75 Å². The molecule has 2 atom stereocenters. The molecular formula is C18H26N2O. The Balaban J connectivity index is 1.37. The van der Waals surface area contributed by atoms with Crippen LogP contribution in [0.15, 0.2) is 18.2 Å². The second-order valence-electron chi connectivity index (χ2n) is 6.99. The smallest absolute Gasteiger partial charge is 0.122 e. The largest absolute Gasteiger partial charge is 0.493 e. The van der Waals surface area contributed by atoms with E-state index in [1.165, 1.54) is 43.2 Å². The molecule has 2 fully saturated rings. The van der Waals surface area contributed by atoms with Crippen molar-refractivity contribution in [2.24, 2.45) is 0 Å². The maximum atomic E-state index is 5.58. The number of ether oxygens (including phenoxy) is 1. The molecule has 1 aromatic rings. The molecule has 2 saturated heterocycles. The molecule has 3 heteroatoms. The topological polar surface area (TPSA) is 24.5 Å². The fourth-order valence-corrected chi connectivity index (χ4v) is 4.39. The van der Waals surface area contributed by atoms with Crippen molar-refractivity contribution >= 4 is 0 Å². The van der Waals surface area contributed by atoms with Gasteiger partial charge in [-0.2, -0.15) is 0 Å². The zero-order valence-corrected chi connectivity index (χ0v) is 13.0. The molecule has 114 valence electrons. The molecule has 0 spiro atoms. The predicted octanol–water partition coefficient (Wildman–Crippen LogP) is 2.73. The van der Waals surface area contributed by atoms with Gasteiger partial charge >= 0.3 is 0 Å². The van der Waals surface area contributed by atoms with Crippen LogP contribution in [0.3, 0.4) is 0 Å². The zero-order valence-electron chi connectivity index (χ0n) is 13.0. The molecule has 2 bridgehead atoms. The number of nitrogens with zero attached hydrogens (tertiary/aromatic N) is 1. The first-order valence-corrected chi connectivity index (χ1v) is 8.49. The first kappa shape index (κ1) is 13.6. The van der Waals surface area contributed by atoms with Crippen molar-refractivity contribution in [3.05, 3.63) is 29.3 Å². The lowest BCUT2D eigenvalue weighted by atomic mass is 9.82. The minimum Gasteiger partial charge on any atom is -0.493 e. The van der Waals surface area contributed by atoms with Gasteiger partial charge in [0, 0.05) is 31.1 Å². The van der Waals surface area contributed by atoms with Gasteiger partial charge in [0.15, 0.2) is 0 Å². The summed E-state index contributed by atoms with van der Waals surface area (Å²) in [5.74, 6) is 1.09. The van der Waals surface area contributed by atoms with Gasteiger partial charge in [0.2, 0.25) is 0 Å². The molecule has 1 N–H and O–H groups in total. The lowest BCUT2D eigenvalue weighted by Crippen LogP contribution is -2.54. The summed E-state index contributed by atoms with van der Waals surface area (Å²) in [5.41, 5.74) is 2.79. The number of fused-ring (bicyclic) bond motifs is 3. The Kier molecular flexibility index (Phi) is 3.64. The third-order valence-corrected chi connectivity index (χ3v) is 5.69. The van der Waals surface area contributed by atoms with E-state index in [4.69, 9.17) is 4.74 Å². The number of hydrogen-bond donors (Lipinski definition) is 1. The Morgan fingerprint density at radius 3 is 2.86 bits per heavy atom. The molecule has 1 aromatic carbocycles. The van der Waals surface area contributed by atoms with Crippen molar-refractivity contribution < 1.29 is 4.74 Å². The summed E-state index contributed by atoms with van der Waals surface area (Å²) in [5, 5.41) is 3.81. The first-order valence-electron chi connectivity index (χ1n) is 8.49.